The standard InChI is InChI=1S/C11H14O4S/c1-6(2)16(15)10-5-8(11(13)14)7(3)4-9(10)12/h4-6,12H,1-3H3,(H,13,14). The predicted octanol–water partition coefficient (Wildman–Crippen LogP) is 1.91. The quantitative estimate of drug-likeness (QED) is 0.849. The lowest BCUT2D eigenvalue weighted by Crippen LogP contribution is -2.08. The van der Waals surface area contributed by atoms with Gasteiger partial charge in [-0.2, -0.15) is 0 Å². The van der Waals surface area contributed by atoms with Crippen molar-refractivity contribution in [2.75, 3.05) is 0 Å². The molecule has 0 fully saturated rings. The van der Waals surface area contributed by atoms with Crippen LogP contribution in [-0.2, 0) is 10.8 Å². The third-order valence-corrected chi connectivity index (χ3v) is 3.80. The van der Waals surface area contributed by atoms with Gasteiger partial charge in [0, 0.05) is 5.25 Å². The highest BCUT2D eigenvalue weighted by molar-refractivity contribution is 7.85. The summed E-state index contributed by atoms with van der Waals surface area (Å²) >= 11 is 0. The molecule has 0 amide bonds. The maximum absolute atomic E-state index is 11.8. The molecule has 0 bridgehead atoms. The normalized spacial score (nSPS) is 12.8. The van der Waals surface area contributed by atoms with Gasteiger partial charge in [-0.05, 0) is 24.6 Å². The van der Waals surface area contributed by atoms with Crippen LogP contribution in [0.5, 0.6) is 5.75 Å². The van der Waals surface area contributed by atoms with E-state index in [-0.39, 0.29) is 21.5 Å². The Morgan fingerprint density at radius 1 is 1.38 bits per heavy atom. The number of aromatic carboxylic acids is 1. The lowest BCUT2D eigenvalue weighted by molar-refractivity contribution is 0.0696. The third kappa shape index (κ3) is 2.41. The smallest absolute Gasteiger partial charge is 0.335 e. The van der Waals surface area contributed by atoms with Gasteiger partial charge in [-0.15, -0.1) is 0 Å². The Morgan fingerprint density at radius 2 is 1.94 bits per heavy atom. The fourth-order valence-corrected chi connectivity index (χ4v) is 2.33. The lowest BCUT2D eigenvalue weighted by atomic mass is 10.1. The highest BCUT2D eigenvalue weighted by Gasteiger charge is 2.17. The van der Waals surface area contributed by atoms with Gasteiger partial charge in [-0.3, -0.25) is 4.21 Å². The van der Waals surface area contributed by atoms with E-state index in [1.165, 1.54) is 12.1 Å². The zero-order chi connectivity index (χ0) is 12.5. The van der Waals surface area contributed by atoms with Crippen molar-refractivity contribution in [3.63, 3.8) is 0 Å². The van der Waals surface area contributed by atoms with E-state index < -0.39 is 16.8 Å². The Balaban J connectivity index is 3.36. The van der Waals surface area contributed by atoms with E-state index >= 15 is 0 Å². The molecule has 0 heterocycles. The Bertz CT molecular complexity index is 452. The fourth-order valence-electron chi connectivity index (χ4n) is 1.32. The fraction of sp³-hybridized carbons (Fsp3) is 0.364. The summed E-state index contributed by atoms with van der Waals surface area (Å²) in [4.78, 5) is 11.1. The van der Waals surface area contributed by atoms with E-state index in [1.54, 1.807) is 20.8 Å². The lowest BCUT2D eigenvalue weighted by Gasteiger charge is -2.10. The molecular formula is C11H14O4S. The number of benzene rings is 1. The van der Waals surface area contributed by atoms with Crippen molar-refractivity contribution in [3.05, 3.63) is 23.3 Å². The highest BCUT2D eigenvalue weighted by atomic mass is 32.2. The molecule has 1 rings (SSSR count). The van der Waals surface area contributed by atoms with Crippen molar-refractivity contribution in [3.8, 4) is 5.75 Å². The number of rotatable bonds is 3. The van der Waals surface area contributed by atoms with Crippen molar-refractivity contribution in [1.29, 1.82) is 0 Å². The van der Waals surface area contributed by atoms with Crippen molar-refractivity contribution in [1.82, 2.24) is 0 Å². The van der Waals surface area contributed by atoms with Crippen molar-refractivity contribution < 1.29 is 19.2 Å². The van der Waals surface area contributed by atoms with Crippen LogP contribution in [-0.4, -0.2) is 25.6 Å². The summed E-state index contributed by atoms with van der Waals surface area (Å²) in [6.45, 7) is 5.08. The molecular weight excluding hydrogens is 228 g/mol. The van der Waals surface area contributed by atoms with Crippen LogP contribution >= 0.6 is 0 Å². The van der Waals surface area contributed by atoms with E-state index in [0.29, 0.717) is 5.56 Å². The molecule has 0 radical (unpaired) electrons. The molecule has 0 aliphatic rings. The van der Waals surface area contributed by atoms with Gasteiger partial charge in [0.05, 0.1) is 21.3 Å². The minimum atomic E-state index is -1.40. The second-order valence-corrected chi connectivity index (χ2v) is 5.76. The first kappa shape index (κ1) is 12.7. The van der Waals surface area contributed by atoms with Crippen molar-refractivity contribution >= 4 is 16.8 Å². The average molecular weight is 242 g/mol. The molecule has 1 aromatic carbocycles. The van der Waals surface area contributed by atoms with Crippen LogP contribution in [0, 0.1) is 6.92 Å². The number of phenolic OH excluding ortho intramolecular Hbond substituents is 1. The van der Waals surface area contributed by atoms with Crippen molar-refractivity contribution in [2.24, 2.45) is 0 Å². The van der Waals surface area contributed by atoms with Crippen molar-refractivity contribution in [2.45, 2.75) is 30.9 Å². The van der Waals surface area contributed by atoms with Gasteiger partial charge in [0.15, 0.2) is 0 Å². The molecule has 0 aliphatic heterocycles. The molecule has 88 valence electrons. The Kier molecular flexibility index (Phi) is 3.70. The third-order valence-electron chi connectivity index (χ3n) is 2.18. The van der Waals surface area contributed by atoms with Gasteiger partial charge in [-0.1, -0.05) is 13.8 Å². The number of aryl methyl sites for hydroxylation is 1. The van der Waals surface area contributed by atoms with Crippen LogP contribution in [0.1, 0.15) is 29.8 Å². The van der Waals surface area contributed by atoms with Crippen LogP contribution in [0.4, 0.5) is 0 Å². The molecule has 0 saturated carbocycles. The predicted molar refractivity (Wildman–Crippen MR) is 61.3 cm³/mol. The first-order chi connectivity index (χ1) is 7.34. The topological polar surface area (TPSA) is 74.6 Å². The molecule has 0 aliphatic carbocycles. The van der Waals surface area contributed by atoms with E-state index in [0.717, 1.165) is 0 Å². The summed E-state index contributed by atoms with van der Waals surface area (Å²) in [5, 5.41) is 18.4. The zero-order valence-corrected chi connectivity index (χ0v) is 10.2. The minimum absolute atomic E-state index is 0.0711. The minimum Gasteiger partial charge on any atom is -0.507 e. The number of hydrogen-bond acceptors (Lipinski definition) is 3. The van der Waals surface area contributed by atoms with Gasteiger partial charge >= 0.3 is 5.97 Å². The first-order valence-electron chi connectivity index (χ1n) is 4.82. The molecule has 1 unspecified atom stereocenters. The van der Waals surface area contributed by atoms with Crippen LogP contribution < -0.4 is 0 Å². The maximum atomic E-state index is 11.8. The van der Waals surface area contributed by atoms with E-state index in [1.807, 2.05) is 0 Å². The number of aromatic hydroxyl groups is 1. The first-order valence-corrected chi connectivity index (χ1v) is 6.03. The van der Waals surface area contributed by atoms with Crippen LogP contribution in [0.3, 0.4) is 0 Å². The molecule has 16 heavy (non-hydrogen) atoms. The summed E-state index contributed by atoms with van der Waals surface area (Å²) in [7, 11) is -1.40. The summed E-state index contributed by atoms with van der Waals surface area (Å²) in [5.41, 5.74) is 0.524. The second-order valence-electron chi connectivity index (χ2n) is 3.79. The highest BCUT2D eigenvalue weighted by Crippen LogP contribution is 2.27. The van der Waals surface area contributed by atoms with Gasteiger partial charge in [0.2, 0.25) is 0 Å². The number of carboxylic acids is 1. The number of phenols is 1. The monoisotopic (exact) mass is 242 g/mol. The van der Waals surface area contributed by atoms with Crippen LogP contribution in [0.15, 0.2) is 17.0 Å². The molecule has 1 atom stereocenters. The van der Waals surface area contributed by atoms with Gasteiger partial charge in [-0.25, -0.2) is 4.79 Å². The maximum Gasteiger partial charge on any atom is 0.335 e. The SMILES string of the molecule is Cc1cc(O)c(S(=O)C(C)C)cc1C(=O)O. The summed E-state index contributed by atoms with van der Waals surface area (Å²) in [6, 6.07) is 2.61. The largest absolute Gasteiger partial charge is 0.507 e. The van der Waals surface area contributed by atoms with E-state index in [4.69, 9.17) is 5.11 Å². The van der Waals surface area contributed by atoms with Gasteiger partial charge < -0.3 is 10.2 Å². The van der Waals surface area contributed by atoms with Crippen LogP contribution in [0.25, 0.3) is 0 Å². The summed E-state index contributed by atoms with van der Waals surface area (Å²) in [6.07, 6.45) is 0. The summed E-state index contributed by atoms with van der Waals surface area (Å²) < 4.78 is 11.8. The molecule has 0 saturated heterocycles. The van der Waals surface area contributed by atoms with E-state index in [2.05, 4.69) is 0 Å². The number of carbonyl (C=O) groups is 1. The molecule has 2 N–H and O–H groups in total. The van der Waals surface area contributed by atoms with Gasteiger partial charge in [0.1, 0.15) is 5.75 Å². The average Bonchev–Trinajstić information content (AvgIpc) is 2.16. The molecule has 4 nitrogen and oxygen atoms in total. The van der Waals surface area contributed by atoms with E-state index in [9.17, 15) is 14.1 Å². The molecule has 0 spiro atoms. The number of hydrogen-bond donors (Lipinski definition) is 2. The summed E-state index contributed by atoms with van der Waals surface area (Å²) in [5.74, 6) is -1.20. The number of carboxylic acid groups (broad SMARTS) is 1. The Labute approximate surface area is 96.4 Å². The molecule has 0 aromatic heterocycles. The Hall–Kier alpha value is -1.36. The molecule has 5 heteroatoms. The Morgan fingerprint density at radius 3 is 2.38 bits per heavy atom. The second kappa shape index (κ2) is 4.65. The molecule has 1 aromatic rings. The van der Waals surface area contributed by atoms with Gasteiger partial charge in [0.25, 0.3) is 0 Å². The zero-order valence-electron chi connectivity index (χ0n) is 9.35. The van der Waals surface area contributed by atoms with Crippen LogP contribution in [0.2, 0.25) is 0 Å².